The van der Waals surface area contributed by atoms with Crippen molar-refractivity contribution in [3.8, 4) is 11.4 Å². The highest BCUT2D eigenvalue weighted by atomic mass is 19.1. The van der Waals surface area contributed by atoms with Gasteiger partial charge < -0.3 is 30.8 Å². The summed E-state index contributed by atoms with van der Waals surface area (Å²) in [6.07, 6.45) is 3.41. The fourth-order valence-corrected chi connectivity index (χ4v) is 7.66. The number of nitrogens with two attached hydrogens (primary N) is 1. The number of aromatic nitrogens is 2. The van der Waals surface area contributed by atoms with Gasteiger partial charge in [-0.3, -0.25) is 14.4 Å². The minimum absolute atomic E-state index is 0.0251. The number of aliphatic hydroxyl groups is 1. The lowest BCUT2D eigenvalue weighted by Gasteiger charge is -2.36. The Bertz CT molecular complexity index is 1860. The highest BCUT2D eigenvalue weighted by Crippen LogP contribution is 2.46. The van der Waals surface area contributed by atoms with Gasteiger partial charge >= 0.3 is 5.97 Å². The van der Waals surface area contributed by atoms with Crippen LogP contribution in [0.4, 0.5) is 4.39 Å². The van der Waals surface area contributed by atoms with E-state index >= 15 is 4.39 Å². The number of esters is 1. The average Bonchev–Trinajstić information content (AvgIpc) is 3.38. The number of benzene rings is 1. The van der Waals surface area contributed by atoms with Crippen LogP contribution in [0.2, 0.25) is 0 Å². The van der Waals surface area contributed by atoms with Crippen LogP contribution in [0, 0.1) is 24.6 Å². The molecule has 45 heavy (non-hydrogen) atoms. The van der Waals surface area contributed by atoms with Crippen LogP contribution in [-0.2, 0) is 44.3 Å². The third kappa shape index (κ3) is 4.48. The zero-order chi connectivity index (χ0) is 31.8. The second-order valence-corrected chi connectivity index (χ2v) is 12.8. The van der Waals surface area contributed by atoms with Crippen molar-refractivity contribution in [1.82, 2.24) is 20.2 Å². The van der Waals surface area contributed by atoms with Crippen molar-refractivity contribution in [3.05, 3.63) is 61.7 Å². The third-order valence-corrected chi connectivity index (χ3v) is 10.4. The average molecular weight is 618 g/mol. The van der Waals surface area contributed by atoms with Gasteiger partial charge in [0.25, 0.3) is 5.56 Å². The molecule has 0 unspecified atom stereocenters. The molecule has 236 valence electrons. The molecule has 2 amide bonds. The number of amides is 2. The van der Waals surface area contributed by atoms with Crippen LogP contribution in [0.15, 0.2) is 16.9 Å². The first-order chi connectivity index (χ1) is 21.5. The summed E-state index contributed by atoms with van der Waals surface area (Å²) in [5.41, 5.74) is 7.81. The number of halogens is 1. The second-order valence-electron chi connectivity index (χ2n) is 12.8. The van der Waals surface area contributed by atoms with E-state index in [2.05, 4.69) is 10.6 Å². The maximum atomic E-state index is 15.2. The van der Waals surface area contributed by atoms with E-state index < -0.39 is 11.6 Å². The van der Waals surface area contributed by atoms with Crippen molar-refractivity contribution in [3.63, 3.8) is 0 Å². The van der Waals surface area contributed by atoms with E-state index in [4.69, 9.17) is 15.5 Å². The zero-order valence-corrected chi connectivity index (χ0v) is 25.3. The quantitative estimate of drug-likeness (QED) is 0.229. The van der Waals surface area contributed by atoms with Crippen molar-refractivity contribution >= 4 is 28.7 Å². The lowest BCUT2D eigenvalue weighted by Crippen LogP contribution is -2.44. The van der Waals surface area contributed by atoms with E-state index in [9.17, 15) is 24.3 Å². The summed E-state index contributed by atoms with van der Waals surface area (Å²) in [4.78, 5) is 56.2. The highest BCUT2D eigenvalue weighted by Gasteiger charge is 2.46. The summed E-state index contributed by atoms with van der Waals surface area (Å²) in [7, 11) is 0. The van der Waals surface area contributed by atoms with Crippen molar-refractivity contribution in [2.75, 3.05) is 13.1 Å². The van der Waals surface area contributed by atoms with Crippen molar-refractivity contribution in [1.29, 1.82) is 0 Å². The second kappa shape index (κ2) is 10.7. The summed E-state index contributed by atoms with van der Waals surface area (Å²) in [5, 5.41) is 18.1. The molecular weight excluding hydrogens is 581 g/mol. The summed E-state index contributed by atoms with van der Waals surface area (Å²) in [5.74, 6) is -1.21. The summed E-state index contributed by atoms with van der Waals surface area (Å²) in [6.45, 7) is 3.84. The number of ether oxygens (including phenoxy) is 1. The fourth-order valence-electron chi connectivity index (χ4n) is 7.66. The number of pyridine rings is 2. The number of nitrogens with one attached hydrogen (secondary N) is 2. The number of rotatable bonds is 7. The molecule has 1 fully saturated rings. The monoisotopic (exact) mass is 617 g/mol. The Morgan fingerprint density at radius 3 is 2.73 bits per heavy atom. The van der Waals surface area contributed by atoms with Crippen LogP contribution in [0.3, 0.4) is 0 Å². The molecule has 7 rings (SSSR count). The minimum atomic E-state index is -1.96. The Morgan fingerprint density at radius 1 is 1.22 bits per heavy atom. The standard InChI is InChI=1S/C33H36FN5O6/c1-3-33(44)21-10-25-29-19(13-39(25)31(42)20(21)14-45-32(33)43)28-23(5-4-18-15(2)22(34)11-24(37-29)27(18)28)38-30(41)17-8-16(9-17)6-7-36-26(40)12-35/h10-11,16-17,23,44H,3-9,12-14,35H2,1-2H3,(H,36,40)(H,38,41)/t16-,17-,23-,33-/m0/s1. The zero-order valence-electron chi connectivity index (χ0n) is 25.3. The molecule has 1 aromatic carbocycles. The molecule has 2 aliphatic carbocycles. The van der Waals surface area contributed by atoms with Gasteiger partial charge in [-0.25, -0.2) is 14.2 Å². The molecule has 2 atom stereocenters. The Morgan fingerprint density at radius 2 is 2.00 bits per heavy atom. The number of hydrogen-bond acceptors (Lipinski definition) is 8. The molecule has 4 heterocycles. The Hall–Kier alpha value is -4.16. The maximum absolute atomic E-state index is 15.2. The minimum Gasteiger partial charge on any atom is -0.458 e. The molecule has 5 N–H and O–H groups in total. The van der Waals surface area contributed by atoms with Gasteiger partial charge in [0.05, 0.1) is 41.6 Å². The number of carbonyl (C=O) groups excluding carboxylic acids is 3. The fraction of sp³-hybridized carbons (Fsp3) is 0.485. The van der Waals surface area contributed by atoms with Gasteiger partial charge in [-0.1, -0.05) is 6.92 Å². The van der Waals surface area contributed by atoms with E-state index in [1.54, 1.807) is 24.5 Å². The lowest BCUT2D eigenvalue weighted by molar-refractivity contribution is -0.172. The van der Waals surface area contributed by atoms with E-state index in [0.29, 0.717) is 47.8 Å². The Balaban J connectivity index is 1.26. The van der Waals surface area contributed by atoms with Gasteiger partial charge in [0.15, 0.2) is 5.60 Å². The van der Waals surface area contributed by atoms with Crippen LogP contribution in [0.5, 0.6) is 0 Å². The first-order valence-electron chi connectivity index (χ1n) is 15.6. The highest BCUT2D eigenvalue weighted by molar-refractivity contribution is 5.94. The summed E-state index contributed by atoms with van der Waals surface area (Å²) >= 11 is 0. The number of nitrogens with zero attached hydrogens (tertiary/aromatic N) is 2. The molecule has 11 nitrogen and oxygen atoms in total. The number of fused-ring (bicyclic) bond motifs is 5. The van der Waals surface area contributed by atoms with Gasteiger partial charge in [-0.2, -0.15) is 0 Å². The summed E-state index contributed by atoms with van der Waals surface area (Å²) < 4.78 is 21.9. The molecule has 4 aliphatic rings. The molecule has 2 aromatic heterocycles. The van der Waals surface area contributed by atoms with Gasteiger partial charge in [0, 0.05) is 35.0 Å². The van der Waals surface area contributed by atoms with Gasteiger partial charge in [-0.05, 0) is 74.1 Å². The van der Waals surface area contributed by atoms with E-state index in [-0.39, 0.29) is 72.4 Å². The van der Waals surface area contributed by atoms with E-state index in [1.165, 1.54) is 6.07 Å². The topological polar surface area (TPSA) is 166 Å². The molecule has 1 saturated carbocycles. The molecule has 12 heteroatoms. The molecular formula is C33H36FN5O6. The number of cyclic esters (lactones) is 1. The molecule has 0 bridgehead atoms. The van der Waals surface area contributed by atoms with E-state index in [1.807, 2.05) is 0 Å². The molecule has 0 spiro atoms. The van der Waals surface area contributed by atoms with Crippen molar-refractivity contribution in [2.24, 2.45) is 17.6 Å². The number of aryl methyl sites for hydroxylation is 1. The third-order valence-electron chi connectivity index (χ3n) is 10.4. The van der Waals surface area contributed by atoms with Gasteiger partial charge in [0.1, 0.15) is 12.4 Å². The van der Waals surface area contributed by atoms with Gasteiger partial charge in [0.2, 0.25) is 11.8 Å². The van der Waals surface area contributed by atoms with Crippen LogP contribution in [0.1, 0.15) is 78.5 Å². The van der Waals surface area contributed by atoms with Crippen LogP contribution < -0.4 is 21.9 Å². The predicted molar refractivity (Wildman–Crippen MR) is 161 cm³/mol. The molecule has 2 aliphatic heterocycles. The molecule has 3 aromatic rings. The van der Waals surface area contributed by atoms with Crippen LogP contribution in [0.25, 0.3) is 22.3 Å². The van der Waals surface area contributed by atoms with Gasteiger partial charge in [-0.15, -0.1) is 0 Å². The van der Waals surface area contributed by atoms with E-state index in [0.717, 1.165) is 41.3 Å². The Kier molecular flexibility index (Phi) is 7.05. The summed E-state index contributed by atoms with van der Waals surface area (Å²) in [6, 6.07) is 2.68. The SMILES string of the molecule is CC[C@@]1(O)C(=O)OCc2c1cc1n(c2=O)Cc2c-1nc1cc(F)c(C)c3c1c2[C@@H](NC(=O)[C@H]1C[C@H](CCNC(=O)CN)C1)CC3. The molecule has 0 radical (unpaired) electrons. The predicted octanol–water partition coefficient (Wildman–Crippen LogP) is 2.12. The first-order valence-corrected chi connectivity index (χ1v) is 15.6. The van der Waals surface area contributed by atoms with Crippen molar-refractivity contribution in [2.45, 2.75) is 77.2 Å². The molecule has 0 saturated heterocycles. The maximum Gasteiger partial charge on any atom is 0.343 e. The Labute approximate surface area is 258 Å². The number of carbonyl (C=O) groups is 3. The number of hydrogen-bond donors (Lipinski definition) is 4. The van der Waals surface area contributed by atoms with Crippen LogP contribution >= 0.6 is 0 Å². The largest absolute Gasteiger partial charge is 0.458 e. The van der Waals surface area contributed by atoms with Crippen molar-refractivity contribution < 1.29 is 28.6 Å². The van der Waals surface area contributed by atoms with Crippen LogP contribution in [-0.4, -0.2) is 45.5 Å². The normalized spacial score (nSPS) is 24.3. The lowest BCUT2D eigenvalue weighted by atomic mass is 9.72. The smallest absolute Gasteiger partial charge is 0.343 e. The first kappa shape index (κ1) is 29.5.